The van der Waals surface area contributed by atoms with Gasteiger partial charge in [0.15, 0.2) is 5.78 Å². The number of hydrogen-bond acceptors (Lipinski definition) is 4. The number of hydrogen-bond donors (Lipinski definition) is 0. The number of ketones is 1. The molecule has 1 fully saturated rings. The second-order valence-corrected chi connectivity index (χ2v) is 7.87. The van der Waals surface area contributed by atoms with E-state index in [-0.39, 0.29) is 5.78 Å². The summed E-state index contributed by atoms with van der Waals surface area (Å²) < 4.78 is 5.95. The lowest BCUT2D eigenvalue weighted by molar-refractivity contribution is -0.00394. The van der Waals surface area contributed by atoms with E-state index in [2.05, 4.69) is 6.07 Å². The Morgan fingerprint density at radius 2 is 1.39 bits per heavy atom. The number of carbonyl (C=O) groups excluding carboxylic acids is 2. The Balaban J connectivity index is 1.76. The fourth-order valence-electron chi connectivity index (χ4n) is 4.57. The largest absolute Gasteiger partial charge is 0.458 e. The predicted molar refractivity (Wildman–Crippen MR) is 117 cm³/mol. The highest BCUT2D eigenvalue weighted by molar-refractivity contribution is 6.03. The lowest BCUT2D eigenvalue weighted by Gasteiger charge is -2.42. The Hall–Kier alpha value is -3.71. The van der Waals surface area contributed by atoms with Crippen LogP contribution in [0.4, 0.5) is 0 Å². The summed E-state index contributed by atoms with van der Waals surface area (Å²) in [6, 6.07) is 29.6. The monoisotopic (exact) mass is 409 g/mol. The van der Waals surface area contributed by atoms with E-state index in [1.807, 2.05) is 42.5 Å². The number of Topliss-reactive ketones (excluding diaryl/α,β-unsaturated/α-hetero) is 1. The van der Waals surface area contributed by atoms with Crippen molar-refractivity contribution in [2.75, 3.05) is 0 Å². The van der Waals surface area contributed by atoms with E-state index in [1.165, 1.54) is 0 Å². The van der Waals surface area contributed by atoms with Gasteiger partial charge in [-0.05, 0) is 37.0 Å². The van der Waals surface area contributed by atoms with E-state index < -0.39 is 23.4 Å². The maximum absolute atomic E-state index is 13.7. The van der Waals surface area contributed by atoms with E-state index >= 15 is 0 Å². The first-order chi connectivity index (χ1) is 15.2. The van der Waals surface area contributed by atoms with Crippen LogP contribution in [0, 0.1) is 16.7 Å². The molecular formula is C27H23NO3. The van der Waals surface area contributed by atoms with Crippen LogP contribution in [0.15, 0.2) is 91.0 Å². The molecule has 4 heteroatoms. The van der Waals surface area contributed by atoms with Gasteiger partial charge < -0.3 is 4.74 Å². The van der Waals surface area contributed by atoms with Gasteiger partial charge in [0.2, 0.25) is 0 Å². The summed E-state index contributed by atoms with van der Waals surface area (Å²) in [5, 5.41) is 10.4. The van der Waals surface area contributed by atoms with E-state index in [4.69, 9.17) is 4.74 Å². The quantitative estimate of drug-likeness (QED) is 0.408. The van der Waals surface area contributed by atoms with Crippen molar-refractivity contribution in [1.29, 1.82) is 5.26 Å². The molecule has 0 N–H and O–H groups in total. The van der Waals surface area contributed by atoms with Crippen LogP contribution in [0.1, 0.15) is 51.5 Å². The Kier molecular flexibility index (Phi) is 5.95. The number of nitrogens with zero attached hydrogens (tertiary/aromatic N) is 1. The molecule has 0 saturated heterocycles. The summed E-state index contributed by atoms with van der Waals surface area (Å²) in [6.07, 6.45) is 1.08. The van der Waals surface area contributed by atoms with Crippen molar-refractivity contribution in [3.63, 3.8) is 0 Å². The highest BCUT2D eigenvalue weighted by Crippen LogP contribution is 2.50. The molecule has 0 unspecified atom stereocenters. The molecule has 4 rings (SSSR count). The Bertz CT molecular complexity index is 1090. The average Bonchev–Trinajstić information content (AvgIpc) is 2.85. The molecule has 3 aromatic rings. The third kappa shape index (κ3) is 4.00. The molecule has 3 aromatic carbocycles. The molecule has 0 amide bonds. The van der Waals surface area contributed by atoms with Gasteiger partial charge >= 0.3 is 5.97 Å². The molecule has 3 atom stereocenters. The molecule has 154 valence electrons. The van der Waals surface area contributed by atoms with Crippen molar-refractivity contribution in [3.8, 4) is 6.07 Å². The van der Waals surface area contributed by atoms with Gasteiger partial charge in [-0.2, -0.15) is 5.26 Å². The Morgan fingerprint density at radius 1 is 0.839 bits per heavy atom. The van der Waals surface area contributed by atoms with Gasteiger partial charge in [-0.15, -0.1) is 0 Å². The lowest BCUT2D eigenvalue weighted by Crippen LogP contribution is -2.46. The number of benzene rings is 3. The topological polar surface area (TPSA) is 67.2 Å². The summed E-state index contributed by atoms with van der Waals surface area (Å²) >= 11 is 0. The molecule has 31 heavy (non-hydrogen) atoms. The zero-order valence-electron chi connectivity index (χ0n) is 17.1. The van der Waals surface area contributed by atoms with Crippen molar-refractivity contribution in [2.24, 2.45) is 5.41 Å². The van der Waals surface area contributed by atoms with Crippen LogP contribution in [0.3, 0.4) is 0 Å². The van der Waals surface area contributed by atoms with E-state index in [9.17, 15) is 14.9 Å². The molecule has 4 nitrogen and oxygen atoms in total. The zero-order valence-corrected chi connectivity index (χ0v) is 17.1. The SMILES string of the molecule is N#C[C@]1(C(=O)c2ccccc2)CCC[C@H](OC(=O)c2ccccc2)[C@@H]1c1ccccc1. The minimum absolute atomic E-state index is 0.218. The standard InChI is InChI=1S/C27H23NO3/c28-19-27(25(29)21-13-6-2-7-14-21)18-10-17-23(24(27)20-11-4-1-5-12-20)31-26(30)22-15-8-3-9-16-22/h1-9,11-16,23-24H,10,17-18H2/t23-,24-,27+/m0/s1. The third-order valence-corrected chi connectivity index (χ3v) is 6.03. The first-order valence-corrected chi connectivity index (χ1v) is 10.5. The summed E-state index contributed by atoms with van der Waals surface area (Å²) in [4.78, 5) is 26.5. The molecule has 1 aliphatic rings. The molecule has 0 spiro atoms. The molecule has 1 aliphatic carbocycles. The summed E-state index contributed by atoms with van der Waals surface area (Å²) in [5.41, 5.74) is 0.485. The fraction of sp³-hybridized carbons (Fsp3) is 0.222. The van der Waals surface area contributed by atoms with Crippen molar-refractivity contribution < 1.29 is 14.3 Å². The highest BCUT2D eigenvalue weighted by atomic mass is 16.5. The van der Waals surface area contributed by atoms with Gasteiger partial charge in [-0.3, -0.25) is 4.79 Å². The van der Waals surface area contributed by atoms with Crippen molar-refractivity contribution in [2.45, 2.75) is 31.3 Å². The van der Waals surface area contributed by atoms with E-state index in [0.717, 1.165) is 5.56 Å². The Morgan fingerprint density at radius 3 is 1.97 bits per heavy atom. The van der Waals surface area contributed by atoms with Crippen LogP contribution < -0.4 is 0 Å². The average molecular weight is 409 g/mol. The smallest absolute Gasteiger partial charge is 0.338 e. The maximum atomic E-state index is 13.7. The molecular weight excluding hydrogens is 386 g/mol. The number of nitriles is 1. The second-order valence-electron chi connectivity index (χ2n) is 7.87. The second kappa shape index (κ2) is 8.97. The van der Waals surface area contributed by atoms with Gasteiger partial charge in [0.05, 0.1) is 11.6 Å². The minimum Gasteiger partial charge on any atom is -0.458 e. The summed E-state index contributed by atoms with van der Waals surface area (Å²) in [5.74, 6) is -1.20. The van der Waals surface area contributed by atoms with E-state index in [1.54, 1.807) is 48.5 Å². The van der Waals surface area contributed by atoms with Crippen LogP contribution >= 0.6 is 0 Å². The van der Waals surface area contributed by atoms with Crippen molar-refractivity contribution in [3.05, 3.63) is 108 Å². The van der Waals surface area contributed by atoms with Crippen LogP contribution in [-0.4, -0.2) is 17.9 Å². The molecule has 0 radical (unpaired) electrons. The first-order valence-electron chi connectivity index (χ1n) is 10.5. The fourth-order valence-corrected chi connectivity index (χ4v) is 4.57. The van der Waals surface area contributed by atoms with Gasteiger partial charge in [-0.25, -0.2) is 4.79 Å². The third-order valence-electron chi connectivity index (χ3n) is 6.03. The van der Waals surface area contributed by atoms with Crippen LogP contribution in [0.2, 0.25) is 0 Å². The number of ether oxygens (including phenoxy) is 1. The number of rotatable bonds is 5. The van der Waals surface area contributed by atoms with Crippen LogP contribution in [-0.2, 0) is 4.74 Å². The molecule has 0 heterocycles. The zero-order chi connectivity index (χ0) is 21.7. The molecule has 0 aromatic heterocycles. The normalized spacial score (nSPS) is 22.8. The van der Waals surface area contributed by atoms with Crippen molar-refractivity contribution in [1.82, 2.24) is 0 Å². The first kappa shape index (κ1) is 20.6. The number of esters is 1. The predicted octanol–water partition coefficient (Wildman–Crippen LogP) is 5.57. The highest BCUT2D eigenvalue weighted by Gasteiger charge is 2.53. The van der Waals surface area contributed by atoms with Gasteiger partial charge in [0.25, 0.3) is 0 Å². The molecule has 1 saturated carbocycles. The molecule has 0 aliphatic heterocycles. The summed E-state index contributed by atoms with van der Waals surface area (Å²) in [7, 11) is 0. The van der Waals surface area contributed by atoms with E-state index in [0.29, 0.717) is 30.4 Å². The van der Waals surface area contributed by atoms with Crippen LogP contribution in [0.25, 0.3) is 0 Å². The lowest BCUT2D eigenvalue weighted by atomic mass is 9.60. The molecule has 0 bridgehead atoms. The van der Waals surface area contributed by atoms with Crippen molar-refractivity contribution >= 4 is 11.8 Å². The van der Waals surface area contributed by atoms with Gasteiger partial charge in [0.1, 0.15) is 11.5 Å². The summed E-state index contributed by atoms with van der Waals surface area (Å²) in [6.45, 7) is 0. The van der Waals surface area contributed by atoms with Gasteiger partial charge in [0, 0.05) is 11.5 Å². The minimum atomic E-state index is -1.30. The van der Waals surface area contributed by atoms with Gasteiger partial charge in [-0.1, -0.05) is 78.9 Å². The number of carbonyl (C=O) groups is 2. The maximum Gasteiger partial charge on any atom is 0.338 e. The Labute approximate surface area is 182 Å². The van der Waals surface area contributed by atoms with Crippen LogP contribution in [0.5, 0.6) is 0 Å².